The van der Waals surface area contributed by atoms with Crippen LogP contribution in [0.4, 0.5) is 0 Å². The lowest BCUT2D eigenvalue weighted by molar-refractivity contribution is -0.118. The van der Waals surface area contributed by atoms with Crippen molar-refractivity contribution >= 4 is 12.2 Å². The van der Waals surface area contributed by atoms with Crippen molar-refractivity contribution in [1.82, 2.24) is 0 Å². The monoisotopic (exact) mass is 237 g/mol. The molecule has 0 heterocycles. The van der Waals surface area contributed by atoms with Gasteiger partial charge in [0, 0.05) is 0 Å². The van der Waals surface area contributed by atoms with Gasteiger partial charge in [0.05, 0.1) is 25.2 Å². The van der Waals surface area contributed by atoms with Crippen LogP contribution in [0, 0.1) is 0 Å². The SMILES string of the molecule is CCOc1cccc(C=O)c1OCCC(N)=O. The molecule has 92 valence electrons. The van der Waals surface area contributed by atoms with Crippen LogP contribution in [-0.2, 0) is 4.79 Å². The predicted octanol–water partition coefficient (Wildman–Crippen LogP) is 1.15. The average molecular weight is 237 g/mol. The Morgan fingerprint density at radius 2 is 2.18 bits per heavy atom. The van der Waals surface area contributed by atoms with Gasteiger partial charge in [-0.1, -0.05) is 6.07 Å². The van der Waals surface area contributed by atoms with E-state index in [1.165, 1.54) is 0 Å². The molecule has 0 aliphatic carbocycles. The van der Waals surface area contributed by atoms with Gasteiger partial charge >= 0.3 is 0 Å². The number of rotatable bonds is 7. The highest BCUT2D eigenvalue weighted by Gasteiger charge is 2.10. The van der Waals surface area contributed by atoms with E-state index >= 15 is 0 Å². The molecule has 5 nitrogen and oxygen atoms in total. The first kappa shape index (κ1) is 13.0. The third-order valence-electron chi connectivity index (χ3n) is 2.03. The number of primary amides is 1. The van der Waals surface area contributed by atoms with Crippen molar-refractivity contribution in [3.63, 3.8) is 0 Å². The Morgan fingerprint density at radius 3 is 2.76 bits per heavy atom. The number of hydrogen-bond donors (Lipinski definition) is 1. The van der Waals surface area contributed by atoms with Gasteiger partial charge in [0.1, 0.15) is 0 Å². The van der Waals surface area contributed by atoms with Gasteiger partial charge in [-0.05, 0) is 19.1 Å². The highest BCUT2D eigenvalue weighted by atomic mass is 16.5. The molecule has 0 saturated heterocycles. The first-order valence-electron chi connectivity index (χ1n) is 5.31. The highest BCUT2D eigenvalue weighted by Crippen LogP contribution is 2.30. The quantitative estimate of drug-likeness (QED) is 0.721. The van der Waals surface area contributed by atoms with Crippen LogP contribution in [0.5, 0.6) is 11.5 Å². The number of ether oxygens (including phenoxy) is 2. The molecule has 0 aromatic heterocycles. The Bertz CT molecular complexity index is 403. The summed E-state index contributed by atoms with van der Waals surface area (Å²) in [6.45, 7) is 2.43. The van der Waals surface area contributed by atoms with Gasteiger partial charge < -0.3 is 15.2 Å². The normalized spacial score (nSPS) is 9.71. The predicted molar refractivity (Wildman–Crippen MR) is 62.3 cm³/mol. The van der Waals surface area contributed by atoms with E-state index in [9.17, 15) is 9.59 Å². The van der Waals surface area contributed by atoms with Crippen LogP contribution in [0.3, 0.4) is 0 Å². The van der Waals surface area contributed by atoms with Crippen LogP contribution in [0.1, 0.15) is 23.7 Å². The van der Waals surface area contributed by atoms with E-state index in [1.54, 1.807) is 18.2 Å². The number of amides is 1. The van der Waals surface area contributed by atoms with Crippen LogP contribution in [0.2, 0.25) is 0 Å². The molecule has 5 heteroatoms. The maximum absolute atomic E-state index is 10.9. The minimum atomic E-state index is -0.452. The zero-order valence-corrected chi connectivity index (χ0v) is 9.64. The highest BCUT2D eigenvalue weighted by molar-refractivity contribution is 5.81. The molecule has 1 rings (SSSR count). The Kier molecular flexibility index (Phi) is 5.00. The van der Waals surface area contributed by atoms with Crippen LogP contribution in [-0.4, -0.2) is 25.4 Å². The number of carbonyl (C=O) groups excluding carboxylic acids is 2. The van der Waals surface area contributed by atoms with E-state index in [-0.39, 0.29) is 13.0 Å². The summed E-state index contributed by atoms with van der Waals surface area (Å²) in [4.78, 5) is 21.4. The number of aldehydes is 1. The summed E-state index contributed by atoms with van der Waals surface area (Å²) >= 11 is 0. The summed E-state index contributed by atoms with van der Waals surface area (Å²) in [6.07, 6.45) is 0.779. The minimum absolute atomic E-state index is 0.0960. The molecule has 0 aliphatic heterocycles. The summed E-state index contributed by atoms with van der Waals surface area (Å²) in [5.41, 5.74) is 5.39. The molecule has 1 aromatic rings. The molecule has 2 N–H and O–H groups in total. The van der Waals surface area contributed by atoms with E-state index in [4.69, 9.17) is 15.2 Å². The average Bonchev–Trinajstić information content (AvgIpc) is 2.30. The van der Waals surface area contributed by atoms with Crippen LogP contribution >= 0.6 is 0 Å². The lowest BCUT2D eigenvalue weighted by Gasteiger charge is -2.12. The fourth-order valence-electron chi connectivity index (χ4n) is 1.30. The minimum Gasteiger partial charge on any atom is -0.490 e. The van der Waals surface area contributed by atoms with Gasteiger partial charge in [-0.2, -0.15) is 0 Å². The summed E-state index contributed by atoms with van der Waals surface area (Å²) in [5, 5.41) is 0. The lowest BCUT2D eigenvalue weighted by atomic mass is 10.2. The molecule has 1 amide bonds. The third-order valence-corrected chi connectivity index (χ3v) is 2.03. The fourth-order valence-corrected chi connectivity index (χ4v) is 1.30. The van der Waals surface area contributed by atoms with Gasteiger partial charge in [-0.3, -0.25) is 9.59 Å². The van der Waals surface area contributed by atoms with E-state index in [1.807, 2.05) is 6.92 Å². The molecule has 0 aliphatic rings. The Hall–Kier alpha value is -2.04. The van der Waals surface area contributed by atoms with Gasteiger partial charge in [0.25, 0.3) is 0 Å². The maximum Gasteiger partial charge on any atom is 0.220 e. The Balaban J connectivity index is 2.84. The number of para-hydroxylation sites is 1. The molecule has 17 heavy (non-hydrogen) atoms. The van der Waals surface area contributed by atoms with E-state index in [0.29, 0.717) is 30.0 Å². The van der Waals surface area contributed by atoms with Crippen molar-refractivity contribution < 1.29 is 19.1 Å². The lowest BCUT2D eigenvalue weighted by Crippen LogP contribution is -2.15. The standard InChI is InChI=1S/C12H15NO4/c1-2-16-10-5-3-4-9(8-14)12(10)17-7-6-11(13)15/h3-5,8H,2,6-7H2,1H3,(H2,13,15). The topological polar surface area (TPSA) is 78.6 Å². The largest absolute Gasteiger partial charge is 0.490 e. The molecular formula is C12H15NO4. The Labute approximate surface area is 99.5 Å². The van der Waals surface area contributed by atoms with Crippen molar-refractivity contribution in [3.05, 3.63) is 23.8 Å². The molecule has 0 bridgehead atoms. The van der Waals surface area contributed by atoms with Gasteiger partial charge in [-0.15, -0.1) is 0 Å². The smallest absolute Gasteiger partial charge is 0.220 e. The van der Waals surface area contributed by atoms with Gasteiger partial charge in [0.15, 0.2) is 17.8 Å². The van der Waals surface area contributed by atoms with Crippen molar-refractivity contribution in [2.24, 2.45) is 5.73 Å². The second kappa shape index (κ2) is 6.52. The van der Waals surface area contributed by atoms with Gasteiger partial charge in [0.2, 0.25) is 5.91 Å². The van der Waals surface area contributed by atoms with E-state index in [0.717, 1.165) is 0 Å². The molecule has 1 aromatic carbocycles. The van der Waals surface area contributed by atoms with Crippen LogP contribution in [0.25, 0.3) is 0 Å². The van der Waals surface area contributed by atoms with E-state index in [2.05, 4.69) is 0 Å². The first-order valence-corrected chi connectivity index (χ1v) is 5.31. The van der Waals surface area contributed by atoms with Crippen LogP contribution in [0.15, 0.2) is 18.2 Å². The van der Waals surface area contributed by atoms with Crippen molar-refractivity contribution in [3.8, 4) is 11.5 Å². The van der Waals surface area contributed by atoms with Crippen molar-refractivity contribution in [2.75, 3.05) is 13.2 Å². The number of carbonyl (C=O) groups is 2. The number of benzene rings is 1. The van der Waals surface area contributed by atoms with Gasteiger partial charge in [-0.25, -0.2) is 0 Å². The molecule has 0 saturated carbocycles. The summed E-state index contributed by atoms with van der Waals surface area (Å²) in [6, 6.07) is 5.03. The number of hydrogen-bond acceptors (Lipinski definition) is 4. The Morgan fingerprint density at radius 1 is 1.41 bits per heavy atom. The summed E-state index contributed by atoms with van der Waals surface area (Å²) in [7, 11) is 0. The fraction of sp³-hybridized carbons (Fsp3) is 0.333. The van der Waals surface area contributed by atoms with Crippen molar-refractivity contribution in [2.45, 2.75) is 13.3 Å². The molecule has 0 spiro atoms. The molecule has 0 atom stereocenters. The first-order chi connectivity index (χ1) is 8.19. The third kappa shape index (κ3) is 3.79. The maximum atomic E-state index is 10.9. The second-order valence-electron chi connectivity index (χ2n) is 3.29. The van der Waals surface area contributed by atoms with E-state index < -0.39 is 5.91 Å². The number of nitrogens with two attached hydrogens (primary N) is 1. The van der Waals surface area contributed by atoms with Crippen LogP contribution < -0.4 is 15.2 Å². The summed E-state index contributed by atoms with van der Waals surface area (Å²) < 4.78 is 10.7. The van der Waals surface area contributed by atoms with Crippen molar-refractivity contribution in [1.29, 1.82) is 0 Å². The molecule has 0 unspecified atom stereocenters. The molecule has 0 fully saturated rings. The molecule has 0 radical (unpaired) electrons. The molecular weight excluding hydrogens is 222 g/mol. The summed E-state index contributed by atoms with van der Waals surface area (Å²) in [5.74, 6) is 0.388. The second-order valence-corrected chi connectivity index (χ2v) is 3.29. The zero-order chi connectivity index (χ0) is 12.7. The zero-order valence-electron chi connectivity index (χ0n) is 9.64.